The van der Waals surface area contributed by atoms with Crippen molar-refractivity contribution in [3.8, 4) is 0 Å². The molecule has 3 N–H and O–H groups in total. The van der Waals surface area contributed by atoms with E-state index in [1.807, 2.05) is 43.3 Å². The lowest BCUT2D eigenvalue weighted by molar-refractivity contribution is -0.137. The zero-order chi connectivity index (χ0) is 26.4. The summed E-state index contributed by atoms with van der Waals surface area (Å²) in [6, 6.07) is 9.85. The molecule has 1 fully saturated rings. The van der Waals surface area contributed by atoms with Gasteiger partial charge in [0.2, 0.25) is 11.8 Å². The van der Waals surface area contributed by atoms with Crippen molar-refractivity contribution in [1.82, 2.24) is 20.2 Å². The van der Waals surface area contributed by atoms with Crippen LogP contribution in [0, 0.1) is 12.8 Å². The van der Waals surface area contributed by atoms with Gasteiger partial charge in [-0.1, -0.05) is 36.4 Å². The van der Waals surface area contributed by atoms with Crippen LogP contribution in [-0.4, -0.2) is 46.5 Å². The number of esters is 1. The molecule has 0 unspecified atom stereocenters. The highest BCUT2D eigenvalue weighted by Gasteiger charge is 2.30. The highest BCUT2D eigenvalue weighted by molar-refractivity contribution is 5.85. The van der Waals surface area contributed by atoms with Crippen molar-refractivity contribution in [3.05, 3.63) is 82.4 Å². The Bertz CT molecular complexity index is 1360. The van der Waals surface area contributed by atoms with Gasteiger partial charge in [-0.25, -0.2) is 4.79 Å². The number of aromatic nitrogens is 2. The Balaban J connectivity index is 1.65. The predicted molar refractivity (Wildman–Crippen MR) is 140 cm³/mol. The molecule has 2 amide bonds. The number of pyridine rings is 1. The van der Waals surface area contributed by atoms with Gasteiger partial charge in [0, 0.05) is 48.8 Å². The van der Waals surface area contributed by atoms with Crippen molar-refractivity contribution in [2.75, 3.05) is 13.2 Å². The third-order valence-corrected chi connectivity index (χ3v) is 6.67. The molecule has 0 spiro atoms. The Morgan fingerprint density at radius 2 is 2.00 bits per heavy atom. The zero-order valence-corrected chi connectivity index (χ0v) is 21.0. The van der Waals surface area contributed by atoms with Crippen LogP contribution in [0.4, 0.5) is 0 Å². The van der Waals surface area contributed by atoms with Crippen LogP contribution in [-0.2, 0) is 25.5 Å². The predicted octanol–water partition coefficient (Wildman–Crippen LogP) is 2.55. The largest absolute Gasteiger partial charge is 0.463 e. The third kappa shape index (κ3) is 6.17. The first-order chi connectivity index (χ1) is 17.9. The molecule has 1 aliphatic heterocycles. The Labute approximate surface area is 214 Å². The first-order valence-corrected chi connectivity index (χ1v) is 12.5. The molecule has 1 aliphatic rings. The standard InChI is InChI=1S/C28H32N4O5/c1-3-37-24(33)10-9-21(16-20-11-13-29-26(20)34)31-27(35)23(15-19-7-5-4-6-8-19)32-14-12-22-18(2)17-30-25(22)28(32)36/h4-10,12,14,17,20-21,23,30H,3,11,13,15-16H2,1-2H3,(H,29,34)(H,31,35)/b10-9+/t20-,21+,23-/m0/s1. The van der Waals surface area contributed by atoms with Crippen LogP contribution in [0.3, 0.4) is 0 Å². The van der Waals surface area contributed by atoms with Gasteiger partial charge < -0.3 is 24.9 Å². The Morgan fingerprint density at radius 3 is 2.70 bits per heavy atom. The average molecular weight is 505 g/mol. The number of rotatable bonds is 10. The number of fused-ring (bicyclic) bond motifs is 1. The molecule has 3 atom stereocenters. The van der Waals surface area contributed by atoms with Gasteiger partial charge >= 0.3 is 5.97 Å². The fourth-order valence-electron chi connectivity index (χ4n) is 4.70. The molecular weight excluding hydrogens is 472 g/mol. The molecule has 2 aromatic heterocycles. The summed E-state index contributed by atoms with van der Waals surface area (Å²) in [6.07, 6.45) is 7.51. The van der Waals surface area contributed by atoms with E-state index in [0.29, 0.717) is 24.9 Å². The van der Waals surface area contributed by atoms with Gasteiger partial charge in [0.05, 0.1) is 6.61 Å². The number of carbonyl (C=O) groups is 3. The molecule has 0 saturated carbocycles. The molecule has 9 heteroatoms. The molecular formula is C28H32N4O5. The number of nitrogens with one attached hydrogen (secondary N) is 3. The molecule has 3 aromatic rings. The maximum absolute atomic E-state index is 13.7. The van der Waals surface area contributed by atoms with Crippen molar-refractivity contribution in [1.29, 1.82) is 0 Å². The molecule has 37 heavy (non-hydrogen) atoms. The van der Waals surface area contributed by atoms with Crippen molar-refractivity contribution in [2.45, 2.75) is 45.2 Å². The number of carbonyl (C=O) groups excluding carboxylic acids is 3. The minimum atomic E-state index is -0.848. The molecule has 0 radical (unpaired) electrons. The van der Waals surface area contributed by atoms with Gasteiger partial charge in [-0.15, -0.1) is 0 Å². The Kier molecular flexibility index (Phi) is 8.22. The number of aryl methyl sites for hydroxylation is 1. The summed E-state index contributed by atoms with van der Waals surface area (Å²) in [4.78, 5) is 54.3. The molecule has 0 bridgehead atoms. The smallest absolute Gasteiger partial charge is 0.330 e. The van der Waals surface area contributed by atoms with E-state index in [1.54, 1.807) is 25.4 Å². The van der Waals surface area contributed by atoms with E-state index in [-0.39, 0.29) is 36.3 Å². The normalized spacial score (nSPS) is 17.0. The quantitative estimate of drug-likeness (QED) is 0.289. The third-order valence-electron chi connectivity index (χ3n) is 6.67. The van der Waals surface area contributed by atoms with E-state index in [2.05, 4.69) is 15.6 Å². The number of amides is 2. The molecule has 3 heterocycles. The van der Waals surface area contributed by atoms with Crippen LogP contribution >= 0.6 is 0 Å². The van der Waals surface area contributed by atoms with Crippen molar-refractivity contribution >= 4 is 28.7 Å². The first-order valence-electron chi connectivity index (χ1n) is 12.5. The summed E-state index contributed by atoms with van der Waals surface area (Å²) >= 11 is 0. The Morgan fingerprint density at radius 1 is 1.22 bits per heavy atom. The Hall–Kier alpha value is -4.14. The van der Waals surface area contributed by atoms with Crippen LogP contribution in [0.25, 0.3) is 10.9 Å². The lowest BCUT2D eigenvalue weighted by Crippen LogP contribution is -2.43. The van der Waals surface area contributed by atoms with Crippen LogP contribution in [0.15, 0.2) is 65.7 Å². The number of ether oxygens (including phenoxy) is 1. The summed E-state index contributed by atoms with van der Waals surface area (Å²) in [6.45, 7) is 4.43. The molecule has 1 aromatic carbocycles. The molecule has 1 saturated heterocycles. The molecule has 194 valence electrons. The van der Waals surface area contributed by atoms with Gasteiger partial charge in [-0.05, 0) is 43.9 Å². The first kappa shape index (κ1) is 25.9. The highest BCUT2D eigenvalue weighted by atomic mass is 16.5. The second-order valence-corrected chi connectivity index (χ2v) is 9.23. The second-order valence-electron chi connectivity index (χ2n) is 9.23. The van der Waals surface area contributed by atoms with Gasteiger partial charge in [-0.3, -0.25) is 14.4 Å². The summed E-state index contributed by atoms with van der Waals surface area (Å²) < 4.78 is 6.42. The number of aromatic amines is 1. The van der Waals surface area contributed by atoms with Crippen LogP contribution in [0.1, 0.15) is 36.9 Å². The van der Waals surface area contributed by atoms with E-state index in [0.717, 1.165) is 16.5 Å². The van der Waals surface area contributed by atoms with E-state index in [4.69, 9.17) is 4.74 Å². The fourth-order valence-corrected chi connectivity index (χ4v) is 4.70. The van der Waals surface area contributed by atoms with E-state index < -0.39 is 18.1 Å². The van der Waals surface area contributed by atoms with Gasteiger partial charge in [0.25, 0.3) is 5.56 Å². The fraction of sp³-hybridized carbons (Fsp3) is 0.357. The van der Waals surface area contributed by atoms with Crippen molar-refractivity contribution < 1.29 is 19.1 Å². The lowest BCUT2D eigenvalue weighted by atomic mass is 9.97. The summed E-state index contributed by atoms with van der Waals surface area (Å²) in [5.41, 5.74) is 1.98. The molecule has 4 rings (SSSR count). The molecule has 9 nitrogen and oxygen atoms in total. The van der Waals surface area contributed by atoms with E-state index in [9.17, 15) is 19.2 Å². The second kappa shape index (κ2) is 11.7. The summed E-state index contributed by atoms with van der Waals surface area (Å²) in [7, 11) is 0. The maximum Gasteiger partial charge on any atom is 0.330 e. The van der Waals surface area contributed by atoms with Crippen LogP contribution < -0.4 is 16.2 Å². The minimum Gasteiger partial charge on any atom is -0.463 e. The number of benzene rings is 1. The van der Waals surface area contributed by atoms with Crippen molar-refractivity contribution in [2.24, 2.45) is 5.92 Å². The average Bonchev–Trinajstić information content (AvgIpc) is 3.47. The van der Waals surface area contributed by atoms with Crippen molar-refractivity contribution in [3.63, 3.8) is 0 Å². The minimum absolute atomic E-state index is 0.0756. The maximum atomic E-state index is 13.7. The highest BCUT2D eigenvalue weighted by Crippen LogP contribution is 2.20. The van der Waals surface area contributed by atoms with Gasteiger partial charge in [0.15, 0.2) is 0 Å². The monoisotopic (exact) mass is 504 g/mol. The zero-order valence-electron chi connectivity index (χ0n) is 21.0. The number of hydrogen-bond donors (Lipinski definition) is 3. The summed E-state index contributed by atoms with van der Waals surface area (Å²) in [5.74, 6) is -1.27. The van der Waals surface area contributed by atoms with Gasteiger partial charge in [-0.2, -0.15) is 0 Å². The van der Waals surface area contributed by atoms with Gasteiger partial charge in [0.1, 0.15) is 11.6 Å². The number of H-pyrrole nitrogens is 1. The number of hydrogen-bond acceptors (Lipinski definition) is 5. The molecule has 0 aliphatic carbocycles. The van der Waals surface area contributed by atoms with Crippen LogP contribution in [0.5, 0.6) is 0 Å². The summed E-state index contributed by atoms with van der Waals surface area (Å²) in [5, 5.41) is 6.59. The van der Waals surface area contributed by atoms with E-state index in [1.165, 1.54) is 10.6 Å². The lowest BCUT2D eigenvalue weighted by Gasteiger charge is -2.24. The topological polar surface area (TPSA) is 122 Å². The van der Waals surface area contributed by atoms with E-state index >= 15 is 0 Å². The number of nitrogens with zero attached hydrogens (tertiary/aromatic N) is 1. The SMILES string of the molecule is CCOC(=O)/C=C/[C@H](C[C@@H]1CCNC1=O)NC(=O)[C@H](Cc1ccccc1)n1ccc2c(C)c[nH]c2c1=O. The van der Waals surface area contributed by atoms with Crippen LogP contribution in [0.2, 0.25) is 0 Å².